The summed E-state index contributed by atoms with van der Waals surface area (Å²) in [6.45, 7) is 3.67. The van der Waals surface area contributed by atoms with E-state index in [2.05, 4.69) is 10.5 Å². The van der Waals surface area contributed by atoms with E-state index in [9.17, 15) is 18.0 Å². The van der Waals surface area contributed by atoms with Crippen molar-refractivity contribution in [1.29, 1.82) is 0 Å². The van der Waals surface area contributed by atoms with E-state index in [1.54, 1.807) is 13.0 Å². The molecule has 0 radical (unpaired) electrons. The molecule has 0 saturated carbocycles. The molecule has 3 rings (SSSR count). The number of amides is 1. The largest absolute Gasteiger partial charge is 0.360 e. The van der Waals surface area contributed by atoms with E-state index < -0.39 is 10.0 Å². The van der Waals surface area contributed by atoms with Crippen molar-refractivity contribution >= 4 is 27.5 Å². The quantitative estimate of drug-likeness (QED) is 0.783. The number of rotatable bonds is 5. The van der Waals surface area contributed by atoms with Crippen LogP contribution in [0.4, 0.5) is 5.82 Å². The normalized spacial score (nSPS) is 16.2. The summed E-state index contributed by atoms with van der Waals surface area (Å²) in [4.78, 5) is 23.8. The van der Waals surface area contributed by atoms with Gasteiger partial charge in [0.05, 0.1) is 4.90 Å². The van der Waals surface area contributed by atoms with E-state index in [-0.39, 0.29) is 35.6 Å². The summed E-state index contributed by atoms with van der Waals surface area (Å²) >= 11 is 0. The average molecular weight is 391 g/mol. The highest BCUT2D eigenvalue weighted by atomic mass is 32.2. The van der Waals surface area contributed by atoms with Crippen LogP contribution in [-0.4, -0.2) is 42.7 Å². The lowest BCUT2D eigenvalue weighted by atomic mass is 9.97. The Morgan fingerprint density at radius 3 is 2.33 bits per heavy atom. The number of aryl methyl sites for hydroxylation is 1. The van der Waals surface area contributed by atoms with Crippen LogP contribution in [0.5, 0.6) is 0 Å². The zero-order valence-corrected chi connectivity index (χ0v) is 16.0. The number of anilines is 1. The van der Waals surface area contributed by atoms with Crippen LogP contribution in [0.1, 0.15) is 35.9 Å². The second-order valence-corrected chi connectivity index (χ2v) is 8.51. The molecule has 144 valence electrons. The van der Waals surface area contributed by atoms with Gasteiger partial charge >= 0.3 is 0 Å². The summed E-state index contributed by atoms with van der Waals surface area (Å²) in [5.74, 6) is 0.368. The van der Waals surface area contributed by atoms with Crippen LogP contribution in [0.3, 0.4) is 0 Å². The Morgan fingerprint density at radius 2 is 1.81 bits per heavy atom. The number of aromatic nitrogens is 1. The van der Waals surface area contributed by atoms with Gasteiger partial charge in [-0.2, -0.15) is 4.31 Å². The minimum atomic E-state index is -3.65. The Labute approximate surface area is 157 Å². The monoisotopic (exact) mass is 391 g/mol. The third-order valence-electron chi connectivity index (χ3n) is 4.60. The molecule has 2 aromatic rings. The van der Waals surface area contributed by atoms with Gasteiger partial charge in [0.2, 0.25) is 15.9 Å². The van der Waals surface area contributed by atoms with Gasteiger partial charge in [0.15, 0.2) is 11.6 Å². The molecule has 1 amide bonds. The number of benzene rings is 1. The van der Waals surface area contributed by atoms with Crippen LogP contribution in [0.15, 0.2) is 39.8 Å². The molecule has 1 fully saturated rings. The van der Waals surface area contributed by atoms with Gasteiger partial charge in [0.1, 0.15) is 5.76 Å². The first-order valence-electron chi connectivity index (χ1n) is 8.62. The van der Waals surface area contributed by atoms with E-state index >= 15 is 0 Å². The first-order valence-corrected chi connectivity index (χ1v) is 10.1. The molecule has 1 N–H and O–H groups in total. The van der Waals surface area contributed by atoms with Crippen molar-refractivity contribution in [2.45, 2.75) is 31.6 Å². The molecule has 0 bridgehead atoms. The SMILES string of the molecule is CC(=O)c1ccc(S(=O)(=O)N2CCC(C(=O)Nc3cc(C)on3)CC2)cc1. The van der Waals surface area contributed by atoms with Crippen molar-refractivity contribution in [3.8, 4) is 0 Å². The minimum absolute atomic E-state index is 0.118. The molecule has 8 nitrogen and oxygen atoms in total. The summed E-state index contributed by atoms with van der Waals surface area (Å²) in [5, 5.41) is 6.42. The van der Waals surface area contributed by atoms with Crippen LogP contribution in [-0.2, 0) is 14.8 Å². The van der Waals surface area contributed by atoms with Crippen LogP contribution < -0.4 is 5.32 Å². The summed E-state index contributed by atoms with van der Waals surface area (Å²) in [5.41, 5.74) is 0.465. The molecule has 1 aromatic heterocycles. The Balaban J connectivity index is 1.62. The number of carbonyl (C=O) groups excluding carboxylic acids is 2. The summed E-state index contributed by atoms with van der Waals surface area (Å²) in [6.07, 6.45) is 0.848. The van der Waals surface area contributed by atoms with Crippen molar-refractivity contribution in [2.24, 2.45) is 5.92 Å². The van der Waals surface area contributed by atoms with E-state index in [0.717, 1.165) is 0 Å². The molecular weight excluding hydrogens is 370 g/mol. The van der Waals surface area contributed by atoms with Crippen molar-refractivity contribution in [3.63, 3.8) is 0 Å². The number of nitrogens with one attached hydrogen (secondary N) is 1. The number of piperidine rings is 1. The Morgan fingerprint density at radius 1 is 1.19 bits per heavy atom. The van der Waals surface area contributed by atoms with Crippen molar-refractivity contribution < 1.29 is 22.5 Å². The van der Waals surface area contributed by atoms with Crippen molar-refractivity contribution in [2.75, 3.05) is 18.4 Å². The molecule has 1 aliphatic rings. The highest BCUT2D eigenvalue weighted by molar-refractivity contribution is 7.89. The predicted molar refractivity (Wildman–Crippen MR) is 97.8 cm³/mol. The number of hydrogen-bond donors (Lipinski definition) is 1. The topological polar surface area (TPSA) is 110 Å². The van der Waals surface area contributed by atoms with Crippen molar-refractivity contribution in [3.05, 3.63) is 41.7 Å². The molecule has 2 heterocycles. The van der Waals surface area contributed by atoms with Gasteiger partial charge in [-0.25, -0.2) is 8.42 Å². The predicted octanol–water partition coefficient (Wildman–Crippen LogP) is 2.23. The number of sulfonamides is 1. The lowest BCUT2D eigenvalue weighted by Gasteiger charge is -2.30. The third kappa shape index (κ3) is 4.25. The second kappa shape index (κ2) is 7.61. The first kappa shape index (κ1) is 19.2. The number of nitrogens with zero attached hydrogens (tertiary/aromatic N) is 2. The van der Waals surface area contributed by atoms with Gasteiger partial charge in [-0.3, -0.25) is 9.59 Å². The highest BCUT2D eigenvalue weighted by Crippen LogP contribution is 2.25. The zero-order valence-electron chi connectivity index (χ0n) is 15.1. The Kier molecular flexibility index (Phi) is 5.43. The maximum absolute atomic E-state index is 12.8. The Hall–Kier alpha value is -2.52. The molecule has 27 heavy (non-hydrogen) atoms. The van der Waals surface area contributed by atoms with Gasteiger partial charge in [-0.15, -0.1) is 0 Å². The van der Waals surface area contributed by atoms with Crippen LogP contribution in [0.25, 0.3) is 0 Å². The van der Waals surface area contributed by atoms with Crippen LogP contribution in [0.2, 0.25) is 0 Å². The van der Waals surface area contributed by atoms with E-state index in [0.29, 0.717) is 30.0 Å². The van der Waals surface area contributed by atoms with Gasteiger partial charge in [0.25, 0.3) is 0 Å². The lowest BCUT2D eigenvalue weighted by Crippen LogP contribution is -2.41. The summed E-state index contributed by atoms with van der Waals surface area (Å²) in [6, 6.07) is 7.53. The standard InChI is InChI=1S/C18H21N3O5S/c1-12-11-17(20-26-12)19-18(23)15-7-9-21(10-8-15)27(24,25)16-5-3-14(4-6-16)13(2)22/h3-6,11,15H,7-10H2,1-2H3,(H,19,20,23). The second-order valence-electron chi connectivity index (χ2n) is 6.57. The zero-order chi connectivity index (χ0) is 19.6. The maximum Gasteiger partial charge on any atom is 0.243 e. The maximum atomic E-state index is 12.8. The van der Waals surface area contributed by atoms with E-state index in [1.807, 2.05) is 0 Å². The molecule has 1 aliphatic heterocycles. The first-order chi connectivity index (χ1) is 12.8. The van der Waals surface area contributed by atoms with Gasteiger partial charge in [0, 0.05) is 30.6 Å². The molecule has 0 aliphatic carbocycles. The molecule has 1 aromatic carbocycles. The number of hydrogen-bond acceptors (Lipinski definition) is 6. The third-order valence-corrected chi connectivity index (χ3v) is 6.52. The molecule has 1 saturated heterocycles. The fourth-order valence-electron chi connectivity index (χ4n) is 3.02. The highest BCUT2D eigenvalue weighted by Gasteiger charge is 2.32. The number of Topliss-reactive ketones (excluding diaryl/α,β-unsaturated/α-hetero) is 1. The summed E-state index contributed by atoms with van der Waals surface area (Å²) in [7, 11) is -3.65. The van der Waals surface area contributed by atoms with Gasteiger partial charge in [-0.1, -0.05) is 17.3 Å². The van der Waals surface area contributed by atoms with Crippen LogP contribution in [0, 0.1) is 12.8 Å². The van der Waals surface area contributed by atoms with E-state index in [1.165, 1.54) is 35.5 Å². The van der Waals surface area contributed by atoms with Gasteiger partial charge < -0.3 is 9.84 Å². The molecule has 0 atom stereocenters. The molecule has 0 spiro atoms. The Bertz CT molecular complexity index is 942. The van der Waals surface area contributed by atoms with Crippen LogP contribution >= 0.6 is 0 Å². The smallest absolute Gasteiger partial charge is 0.243 e. The fraction of sp³-hybridized carbons (Fsp3) is 0.389. The van der Waals surface area contributed by atoms with Crippen molar-refractivity contribution in [1.82, 2.24) is 9.46 Å². The minimum Gasteiger partial charge on any atom is -0.360 e. The average Bonchev–Trinajstić information content (AvgIpc) is 3.06. The number of ketones is 1. The lowest BCUT2D eigenvalue weighted by molar-refractivity contribution is -0.120. The molecule has 0 unspecified atom stereocenters. The summed E-state index contributed by atoms with van der Waals surface area (Å²) < 4.78 is 31.8. The molecular formula is C18H21N3O5S. The van der Waals surface area contributed by atoms with E-state index in [4.69, 9.17) is 4.52 Å². The number of carbonyl (C=O) groups is 2. The van der Waals surface area contributed by atoms with Gasteiger partial charge in [-0.05, 0) is 38.8 Å². The molecule has 9 heteroatoms. The fourth-order valence-corrected chi connectivity index (χ4v) is 4.49.